The molecule has 0 aromatic heterocycles. The lowest BCUT2D eigenvalue weighted by Crippen LogP contribution is -2.46. The number of carbonyl (C=O) groups excluding carboxylic acids is 2. The highest BCUT2D eigenvalue weighted by molar-refractivity contribution is 5.77. The molecule has 0 spiro atoms. The smallest absolute Gasteiger partial charge is 0.306 e. The van der Waals surface area contributed by atoms with Crippen molar-refractivity contribution in [2.24, 2.45) is 0 Å². The van der Waals surface area contributed by atoms with Crippen LogP contribution in [0.25, 0.3) is 0 Å². The zero-order valence-electron chi connectivity index (χ0n) is 36.6. The summed E-state index contributed by atoms with van der Waals surface area (Å²) in [6, 6.07) is -0.704. The maximum atomic E-state index is 13.1. The molecule has 0 aliphatic heterocycles. The molecule has 0 saturated heterocycles. The monoisotopic (exact) mass is 774 g/mol. The largest absolute Gasteiger partial charge is 0.462 e. The topological polar surface area (TPSA) is 95.9 Å². The Morgan fingerprint density at radius 2 is 1.02 bits per heavy atom. The number of unbranched alkanes of at least 4 members (excludes halogenated alkanes) is 24. The van der Waals surface area contributed by atoms with Crippen molar-refractivity contribution in [2.45, 2.75) is 257 Å². The van der Waals surface area contributed by atoms with Gasteiger partial charge in [0.15, 0.2) is 0 Å². The first-order valence-corrected chi connectivity index (χ1v) is 23.7. The molecule has 6 heteroatoms. The lowest BCUT2D eigenvalue weighted by molar-refractivity contribution is -0.151. The van der Waals surface area contributed by atoms with Crippen LogP contribution in [0, 0.1) is 0 Å². The van der Waals surface area contributed by atoms with Crippen molar-refractivity contribution >= 4 is 11.9 Å². The van der Waals surface area contributed by atoms with Gasteiger partial charge in [-0.3, -0.25) is 9.59 Å². The van der Waals surface area contributed by atoms with E-state index in [1.54, 1.807) is 0 Å². The average Bonchev–Trinajstić information content (AvgIpc) is 3.18. The molecule has 0 saturated carbocycles. The molecule has 0 rings (SSSR count). The molecule has 0 bridgehead atoms. The first-order chi connectivity index (χ1) is 27.0. The third-order valence-corrected chi connectivity index (χ3v) is 10.7. The summed E-state index contributed by atoms with van der Waals surface area (Å²) < 4.78 is 5.89. The van der Waals surface area contributed by atoms with Crippen molar-refractivity contribution in [3.05, 3.63) is 36.5 Å². The zero-order chi connectivity index (χ0) is 40.3. The van der Waals surface area contributed by atoms with Crippen molar-refractivity contribution in [2.75, 3.05) is 6.61 Å². The number of rotatable bonds is 42. The Kier molecular flexibility index (Phi) is 41.7. The number of hydrogen-bond acceptors (Lipinski definition) is 5. The maximum Gasteiger partial charge on any atom is 0.306 e. The van der Waals surface area contributed by atoms with E-state index in [0.717, 1.165) is 89.9 Å². The molecule has 3 atom stereocenters. The quantitative estimate of drug-likeness (QED) is 0.0326. The van der Waals surface area contributed by atoms with Gasteiger partial charge in [-0.1, -0.05) is 192 Å². The summed E-state index contributed by atoms with van der Waals surface area (Å²) in [6.07, 6.45) is 49.2. The Morgan fingerprint density at radius 1 is 0.545 bits per heavy atom. The average molecular weight is 774 g/mol. The molecule has 0 aliphatic carbocycles. The van der Waals surface area contributed by atoms with E-state index in [-0.39, 0.29) is 24.9 Å². The van der Waals surface area contributed by atoms with Gasteiger partial charge < -0.3 is 20.3 Å². The summed E-state index contributed by atoms with van der Waals surface area (Å²) in [7, 11) is 0. The van der Waals surface area contributed by atoms with Gasteiger partial charge in [0.25, 0.3) is 0 Å². The summed E-state index contributed by atoms with van der Waals surface area (Å²) in [5.41, 5.74) is 0. The minimum atomic E-state index is -0.790. The molecule has 0 fully saturated rings. The SMILES string of the molecule is CC/C=C/C/C=C/CCCCCCCC(CC(=O)NC(CO)C(O)CCCCCCCCCCCCCCCC)OC(=O)CCCCCCC/C=C\CCC. The van der Waals surface area contributed by atoms with Gasteiger partial charge in [-0.05, 0) is 70.6 Å². The lowest BCUT2D eigenvalue weighted by Gasteiger charge is -2.24. The number of esters is 1. The highest BCUT2D eigenvalue weighted by Gasteiger charge is 2.24. The molecular formula is C49H91NO5. The van der Waals surface area contributed by atoms with Crippen LogP contribution in [0.2, 0.25) is 0 Å². The summed E-state index contributed by atoms with van der Waals surface area (Å²) in [5, 5.41) is 23.7. The van der Waals surface area contributed by atoms with E-state index in [1.807, 2.05) is 0 Å². The number of aliphatic hydroxyl groups is 2. The van der Waals surface area contributed by atoms with E-state index in [9.17, 15) is 19.8 Å². The van der Waals surface area contributed by atoms with Crippen molar-refractivity contribution in [1.29, 1.82) is 0 Å². The first kappa shape index (κ1) is 53.1. The molecule has 3 N–H and O–H groups in total. The third kappa shape index (κ3) is 38.7. The van der Waals surface area contributed by atoms with Crippen LogP contribution in [0.3, 0.4) is 0 Å². The number of nitrogens with one attached hydrogen (secondary N) is 1. The Labute approximate surface area is 341 Å². The minimum absolute atomic E-state index is 0.0661. The van der Waals surface area contributed by atoms with Crippen LogP contribution >= 0.6 is 0 Å². The molecule has 6 nitrogen and oxygen atoms in total. The lowest BCUT2D eigenvalue weighted by atomic mass is 10.0. The number of carbonyl (C=O) groups is 2. The van der Waals surface area contributed by atoms with Crippen LogP contribution in [-0.4, -0.2) is 46.9 Å². The predicted molar refractivity (Wildman–Crippen MR) is 236 cm³/mol. The second-order valence-corrected chi connectivity index (χ2v) is 16.1. The van der Waals surface area contributed by atoms with E-state index < -0.39 is 18.2 Å². The molecule has 0 heterocycles. The summed E-state index contributed by atoms with van der Waals surface area (Å²) in [4.78, 5) is 26.0. The molecule has 0 aliphatic rings. The fraction of sp³-hybridized carbons (Fsp3) is 0.837. The Morgan fingerprint density at radius 3 is 1.56 bits per heavy atom. The Hall–Kier alpha value is -1.92. The van der Waals surface area contributed by atoms with Crippen molar-refractivity contribution < 1.29 is 24.5 Å². The molecule has 0 radical (unpaired) electrons. The number of hydrogen-bond donors (Lipinski definition) is 3. The molecule has 322 valence electrons. The Balaban J connectivity index is 4.55. The second kappa shape index (κ2) is 43.2. The second-order valence-electron chi connectivity index (χ2n) is 16.1. The number of amides is 1. The fourth-order valence-electron chi connectivity index (χ4n) is 7.12. The van der Waals surface area contributed by atoms with Gasteiger partial charge in [0.05, 0.1) is 25.2 Å². The van der Waals surface area contributed by atoms with Crippen LogP contribution < -0.4 is 5.32 Å². The molecule has 1 amide bonds. The molecule has 55 heavy (non-hydrogen) atoms. The van der Waals surface area contributed by atoms with E-state index in [0.29, 0.717) is 19.3 Å². The molecule has 0 aromatic carbocycles. The van der Waals surface area contributed by atoms with Gasteiger partial charge in [0.1, 0.15) is 6.10 Å². The van der Waals surface area contributed by atoms with Crippen LogP contribution in [0.5, 0.6) is 0 Å². The van der Waals surface area contributed by atoms with Crippen molar-refractivity contribution in [1.82, 2.24) is 5.32 Å². The molecule has 3 unspecified atom stereocenters. The third-order valence-electron chi connectivity index (χ3n) is 10.7. The summed E-state index contributed by atoms with van der Waals surface area (Å²) in [6.45, 7) is 6.31. The van der Waals surface area contributed by atoms with Crippen molar-refractivity contribution in [3.8, 4) is 0 Å². The van der Waals surface area contributed by atoms with E-state index in [2.05, 4.69) is 62.5 Å². The number of allylic oxidation sites excluding steroid dienone is 6. The van der Waals surface area contributed by atoms with Gasteiger partial charge in [-0.2, -0.15) is 0 Å². The van der Waals surface area contributed by atoms with Crippen LogP contribution in [0.4, 0.5) is 0 Å². The van der Waals surface area contributed by atoms with Gasteiger partial charge >= 0.3 is 5.97 Å². The van der Waals surface area contributed by atoms with E-state index in [4.69, 9.17) is 4.74 Å². The molecule has 0 aromatic rings. The summed E-state index contributed by atoms with van der Waals surface area (Å²) in [5.74, 6) is -0.497. The minimum Gasteiger partial charge on any atom is -0.462 e. The Bertz CT molecular complexity index is 915. The maximum absolute atomic E-state index is 13.1. The predicted octanol–water partition coefficient (Wildman–Crippen LogP) is 13.7. The van der Waals surface area contributed by atoms with Gasteiger partial charge in [-0.15, -0.1) is 0 Å². The zero-order valence-corrected chi connectivity index (χ0v) is 36.6. The van der Waals surface area contributed by atoms with E-state index in [1.165, 1.54) is 103 Å². The highest BCUT2D eigenvalue weighted by atomic mass is 16.5. The first-order valence-electron chi connectivity index (χ1n) is 23.7. The normalized spacial score (nSPS) is 13.6. The standard InChI is InChI=1S/C49H91NO5/c1-4-7-10-13-16-19-22-24-25-27-29-32-35-38-41-47(52)46(44-51)50-48(53)43-45(40-37-34-31-28-26-23-20-17-14-11-8-5-2)55-49(54)42-39-36-33-30-21-18-15-12-9-6-3/h8,11-12,15,17,20,45-47,51-52H,4-7,9-10,13-14,16,18-19,21-44H2,1-3H3,(H,50,53)/b11-8+,15-12-,20-17+. The fourth-order valence-corrected chi connectivity index (χ4v) is 7.12. The number of ether oxygens (including phenoxy) is 1. The van der Waals surface area contributed by atoms with Crippen LogP contribution in [0.1, 0.15) is 239 Å². The molecular weight excluding hydrogens is 683 g/mol. The van der Waals surface area contributed by atoms with Crippen molar-refractivity contribution in [3.63, 3.8) is 0 Å². The number of aliphatic hydroxyl groups excluding tert-OH is 2. The van der Waals surface area contributed by atoms with Gasteiger partial charge in [0, 0.05) is 6.42 Å². The van der Waals surface area contributed by atoms with Gasteiger partial charge in [0.2, 0.25) is 5.91 Å². The van der Waals surface area contributed by atoms with E-state index >= 15 is 0 Å². The van der Waals surface area contributed by atoms with Crippen LogP contribution in [-0.2, 0) is 14.3 Å². The van der Waals surface area contributed by atoms with Gasteiger partial charge in [-0.25, -0.2) is 0 Å². The highest BCUT2D eigenvalue weighted by Crippen LogP contribution is 2.17. The summed E-state index contributed by atoms with van der Waals surface area (Å²) >= 11 is 0. The van der Waals surface area contributed by atoms with Crippen LogP contribution in [0.15, 0.2) is 36.5 Å².